The van der Waals surface area contributed by atoms with E-state index >= 15 is 0 Å². The third-order valence-electron chi connectivity index (χ3n) is 4.63. The third-order valence-corrected chi connectivity index (χ3v) is 4.63. The number of hydrogen-bond acceptors (Lipinski definition) is 5. The van der Waals surface area contributed by atoms with Crippen molar-refractivity contribution in [1.29, 1.82) is 0 Å². The van der Waals surface area contributed by atoms with Crippen LogP contribution in [0.5, 0.6) is 17.4 Å². The standard InChI is InChI=1S/C23H22N4O3/c1-4-27-22(16-5-7-17(8-6-16)24-15(2)28)25-20-13-14-21(26-23(20)27)30-19-11-9-18(29-3)10-12-19/h5-14H,4H2,1-3H3,(H,24,28). The van der Waals surface area contributed by atoms with Gasteiger partial charge in [0.05, 0.1) is 7.11 Å². The van der Waals surface area contributed by atoms with Gasteiger partial charge in [-0.2, -0.15) is 4.98 Å². The minimum Gasteiger partial charge on any atom is -0.497 e. The predicted octanol–water partition coefficient (Wildman–Crippen LogP) is 4.88. The molecule has 0 aliphatic heterocycles. The number of aromatic nitrogens is 3. The van der Waals surface area contributed by atoms with Gasteiger partial charge in [0.2, 0.25) is 11.8 Å². The predicted molar refractivity (Wildman–Crippen MR) is 116 cm³/mol. The van der Waals surface area contributed by atoms with Crippen LogP contribution < -0.4 is 14.8 Å². The average Bonchev–Trinajstić information content (AvgIpc) is 3.12. The summed E-state index contributed by atoms with van der Waals surface area (Å²) in [7, 11) is 1.63. The van der Waals surface area contributed by atoms with Crippen LogP contribution in [0, 0.1) is 0 Å². The summed E-state index contributed by atoms with van der Waals surface area (Å²) in [5.74, 6) is 2.66. The molecule has 4 rings (SSSR count). The summed E-state index contributed by atoms with van der Waals surface area (Å²) < 4.78 is 13.1. The lowest BCUT2D eigenvalue weighted by atomic mass is 10.2. The number of pyridine rings is 1. The number of anilines is 1. The first-order valence-corrected chi connectivity index (χ1v) is 9.64. The number of rotatable bonds is 6. The summed E-state index contributed by atoms with van der Waals surface area (Å²) in [6.07, 6.45) is 0. The van der Waals surface area contributed by atoms with E-state index in [0.29, 0.717) is 18.2 Å². The van der Waals surface area contributed by atoms with Gasteiger partial charge in [-0.15, -0.1) is 0 Å². The Morgan fingerprint density at radius 2 is 1.67 bits per heavy atom. The molecular weight excluding hydrogens is 380 g/mol. The van der Waals surface area contributed by atoms with E-state index in [1.807, 2.05) is 65.2 Å². The van der Waals surface area contributed by atoms with Crippen molar-refractivity contribution >= 4 is 22.8 Å². The molecular formula is C23H22N4O3. The molecule has 0 unspecified atom stereocenters. The van der Waals surface area contributed by atoms with Gasteiger partial charge in [-0.1, -0.05) is 0 Å². The SMILES string of the molecule is CCn1c(-c2ccc(NC(C)=O)cc2)nc2ccc(Oc3ccc(OC)cc3)nc21. The fourth-order valence-electron chi connectivity index (χ4n) is 3.23. The zero-order chi connectivity index (χ0) is 21.1. The number of amides is 1. The molecule has 0 saturated carbocycles. The van der Waals surface area contributed by atoms with Crippen LogP contribution >= 0.6 is 0 Å². The van der Waals surface area contributed by atoms with E-state index < -0.39 is 0 Å². The molecule has 0 atom stereocenters. The monoisotopic (exact) mass is 402 g/mol. The molecule has 7 heteroatoms. The Kier molecular flexibility index (Phi) is 5.34. The molecule has 2 aromatic heterocycles. The van der Waals surface area contributed by atoms with Crippen molar-refractivity contribution in [2.24, 2.45) is 0 Å². The second-order valence-corrected chi connectivity index (χ2v) is 6.71. The zero-order valence-corrected chi connectivity index (χ0v) is 17.0. The molecule has 1 N–H and O–H groups in total. The van der Waals surface area contributed by atoms with Gasteiger partial charge in [0.1, 0.15) is 22.8 Å². The Labute approximate surface area is 174 Å². The average molecular weight is 402 g/mol. The number of nitrogens with one attached hydrogen (secondary N) is 1. The van der Waals surface area contributed by atoms with E-state index in [-0.39, 0.29) is 5.91 Å². The van der Waals surface area contributed by atoms with E-state index in [1.165, 1.54) is 6.92 Å². The van der Waals surface area contributed by atoms with E-state index in [2.05, 4.69) is 17.2 Å². The molecule has 2 aromatic carbocycles. The van der Waals surface area contributed by atoms with Crippen molar-refractivity contribution in [3.8, 4) is 28.8 Å². The second kappa shape index (κ2) is 8.24. The summed E-state index contributed by atoms with van der Waals surface area (Å²) in [5.41, 5.74) is 3.24. The molecule has 0 aliphatic carbocycles. The number of imidazole rings is 1. The van der Waals surface area contributed by atoms with Crippen molar-refractivity contribution in [3.63, 3.8) is 0 Å². The molecule has 0 fully saturated rings. The van der Waals surface area contributed by atoms with E-state index in [9.17, 15) is 4.79 Å². The number of carbonyl (C=O) groups is 1. The topological polar surface area (TPSA) is 78.3 Å². The second-order valence-electron chi connectivity index (χ2n) is 6.71. The van der Waals surface area contributed by atoms with Crippen molar-refractivity contribution in [3.05, 3.63) is 60.7 Å². The van der Waals surface area contributed by atoms with Gasteiger partial charge in [0.25, 0.3) is 0 Å². The van der Waals surface area contributed by atoms with Crippen LogP contribution in [-0.4, -0.2) is 27.6 Å². The van der Waals surface area contributed by atoms with Crippen LogP contribution in [-0.2, 0) is 11.3 Å². The highest BCUT2D eigenvalue weighted by Crippen LogP contribution is 2.28. The maximum absolute atomic E-state index is 11.2. The van der Waals surface area contributed by atoms with Gasteiger partial charge in [-0.25, -0.2) is 4.98 Å². The van der Waals surface area contributed by atoms with Gasteiger partial charge in [-0.3, -0.25) is 4.79 Å². The number of carbonyl (C=O) groups excluding carboxylic acids is 1. The first-order valence-electron chi connectivity index (χ1n) is 9.64. The molecule has 0 bridgehead atoms. The largest absolute Gasteiger partial charge is 0.497 e. The Balaban J connectivity index is 1.66. The molecule has 1 amide bonds. The Hall–Kier alpha value is -3.87. The molecule has 4 aromatic rings. The molecule has 2 heterocycles. The van der Waals surface area contributed by atoms with E-state index in [1.54, 1.807) is 7.11 Å². The molecule has 7 nitrogen and oxygen atoms in total. The van der Waals surface area contributed by atoms with Crippen molar-refractivity contribution in [1.82, 2.24) is 14.5 Å². The fraction of sp³-hybridized carbons (Fsp3) is 0.174. The quantitative estimate of drug-likeness (QED) is 0.497. The van der Waals surface area contributed by atoms with E-state index in [4.69, 9.17) is 14.5 Å². The van der Waals surface area contributed by atoms with Crippen molar-refractivity contribution in [2.45, 2.75) is 20.4 Å². The van der Waals surface area contributed by atoms with Crippen LogP contribution in [0.2, 0.25) is 0 Å². The lowest BCUT2D eigenvalue weighted by molar-refractivity contribution is -0.114. The summed E-state index contributed by atoms with van der Waals surface area (Å²) in [4.78, 5) is 20.7. The number of ether oxygens (including phenoxy) is 2. The van der Waals surface area contributed by atoms with Crippen molar-refractivity contribution < 1.29 is 14.3 Å². The molecule has 0 radical (unpaired) electrons. The number of benzene rings is 2. The molecule has 0 aliphatic rings. The van der Waals surface area contributed by atoms with Crippen LogP contribution in [0.3, 0.4) is 0 Å². The van der Waals surface area contributed by atoms with Gasteiger partial charge in [-0.05, 0) is 61.5 Å². The Bertz CT molecular complexity index is 1180. The van der Waals surface area contributed by atoms with Gasteiger partial charge in [0, 0.05) is 30.8 Å². The van der Waals surface area contributed by atoms with Crippen LogP contribution in [0.1, 0.15) is 13.8 Å². The zero-order valence-electron chi connectivity index (χ0n) is 17.0. The summed E-state index contributed by atoms with van der Waals surface area (Å²) in [6, 6.07) is 18.7. The van der Waals surface area contributed by atoms with E-state index in [0.717, 1.165) is 34.0 Å². The third kappa shape index (κ3) is 3.96. The van der Waals surface area contributed by atoms with Crippen LogP contribution in [0.4, 0.5) is 5.69 Å². The van der Waals surface area contributed by atoms with Gasteiger partial charge >= 0.3 is 0 Å². The molecule has 0 spiro atoms. The van der Waals surface area contributed by atoms with Gasteiger partial charge < -0.3 is 19.4 Å². The summed E-state index contributed by atoms with van der Waals surface area (Å²) >= 11 is 0. The highest BCUT2D eigenvalue weighted by Gasteiger charge is 2.14. The minimum absolute atomic E-state index is 0.0999. The Morgan fingerprint density at radius 1 is 0.967 bits per heavy atom. The number of aryl methyl sites for hydroxylation is 1. The minimum atomic E-state index is -0.0999. The fourth-order valence-corrected chi connectivity index (χ4v) is 3.23. The first-order chi connectivity index (χ1) is 14.6. The Morgan fingerprint density at radius 3 is 2.30 bits per heavy atom. The number of hydrogen-bond donors (Lipinski definition) is 1. The number of methoxy groups -OCH3 is 1. The van der Waals surface area contributed by atoms with Gasteiger partial charge in [0.15, 0.2) is 5.65 Å². The highest BCUT2D eigenvalue weighted by molar-refractivity contribution is 5.89. The lowest BCUT2D eigenvalue weighted by Crippen LogP contribution is -2.05. The highest BCUT2D eigenvalue weighted by atomic mass is 16.5. The number of fused-ring (bicyclic) bond motifs is 1. The lowest BCUT2D eigenvalue weighted by Gasteiger charge is -2.08. The molecule has 152 valence electrons. The summed E-state index contributed by atoms with van der Waals surface area (Å²) in [5, 5.41) is 2.77. The van der Waals surface area contributed by atoms with Crippen molar-refractivity contribution in [2.75, 3.05) is 12.4 Å². The van der Waals surface area contributed by atoms with Crippen LogP contribution in [0.25, 0.3) is 22.6 Å². The smallest absolute Gasteiger partial charge is 0.221 e. The molecule has 30 heavy (non-hydrogen) atoms. The molecule has 0 saturated heterocycles. The summed E-state index contributed by atoms with van der Waals surface area (Å²) in [6.45, 7) is 4.24. The first kappa shape index (κ1) is 19.4. The number of nitrogens with zero attached hydrogens (tertiary/aromatic N) is 3. The normalized spacial score (nSPS) is 10.8. The maximum Gasteiger partial charge on any atom is 0.221 e. The van der Waals surface area contributed by atoms with Crippen LogP contribution in [0.15, 0.2) is 60.7 Å². The maximum atomic E-state index is 11.2.